The summed E-state index contributed by atoms with van der Waals surface area (Å²) in [5.74, 6) is -0.0492. The number of fused-ring (bicyclic) bond motifs is 6. The summed E-state index contributed by atoms with van der Waals surface area (Å²) in [5.41, 5.74) is 36.1. The molecule has 1 aliphatic rings. The van der Waals surface area contributed by atoms with Crippen LogP contribution in [0.15, 0.2) is 216 Å². The van der Waals surface area contributed by atoms with E-state index < -0.39 is 22.4 Å². The van der Waals surface area contributed by atoms with Crippen LogP contribution in [0.2, 0.25) is 0 Å². The number of aliphatic carboxylic acids is 1. The normalized spacial score (nSPS) is 11.5. The second-order valence-electron chi connectivity index (χ2n) is 24.1. The standard InChI is InChI=1S/C13H14N2.C13H10N2.C12H14N2O.C11H11N3O.C11H12O3.C10H11NO3.C8H10N4O2.CH4O4S/c2*14-13-9-5-1-3-7-11(9)15-12-8-4-2-6-10(12)13;1-8(15)11(13)6-9-7-14-12-5-3-2-4-10(9)12;1-15-11-7-9(12)8-13-14(11)10-5-3-2-4-6-10;1-8(12)3-4-9-5-6-10(13)11(7-9)14-2;12-9(13)6-7-11-10(14)8-4-2-1-3-5-8;1-10-4-9-6-5(10)7(13)12(3)8(14)11(6)2;1-5-6(2,3)4/h1,3,5,7H,2,4,6,8H2,(H2,14,15);1-8H,(H2,14,15);2-5,7,11,14H,6,13H2,1H3;2-8,12H,1H3;3-7,13H,1-2H3;1-5H,6-7H2,(H,11,14)(H,12,13);4H,1-3H3;1H3,(H,2,3,4)/p+1/b;;;;4-3+;;;/t;;11-;;;;;/m..0...../s1. The van der Waals surface area contributed by atoms with Crippen molar-refractivity contribution in [1.82, 2.24) is 44.1 Å². The number of ether oxygens (including phenoxy) is 2. The third-order valence-electron chi connectivity index (χ3n) is 16.4. The van der Waals surface area contributed by atoms with Crippen molar-refractivity contribution < 1.29 is 60.7 Å². The first-order chi connectivity index (χ1) is 51.6. The number of nitrogens with one attached hydrogen (secondary N) is 2. The topological polar surface area (TPSA) is 427 Å². The number of nitrogen functional groups attached to an aromatic ring is 3. The number of aromatic hydroxyl groups is 1. The Hall–Kier alpha value is -13.0. The zero-order chi connectivity index (χ0) is 78.6. The van der Waals surface area contributed by atoms with Crippen LogP contribution < -0.4 is 53.7 Å². The number of benzene rings is 7. The highest BCUT2D eigenvalue weighted by Crippen LogP contribution is 2.32. The SMILES string of the molecule is CC(=O)[C@@H](N)Cc1c[nH]c2ccccc12.COS(=O)(=O)O.COc1cc(/C=C/C(C)=O)ccc1O.COc1cc(N)cn[n+]1-c1ccccc1.Cn1c(=O)c2c(ncn2C)n(C)c1=O.Nc1c2c(nc3ccccc13)CCCC2.Nc1c2ccccc2nc2ccccc12.O=C(O)CCNC(=O)c1ccccc1. The first-order valence-corrected chi connectivity index (χ1v) is 35.0. The molecular weight excluding hydrogens is 1400 g/mol. The maximum atomic E-state index is 11.7. The summed E-state index contributed by atoms with van der Waals surface area (Å²) in [7, 11) is 4.55. The number of aromatic nitrogens is 9. The number of carbonyl (C=O) groups is 4. The van der Waals surface area contributed by atoms with Crippen molar-refractivity contribution in [3.8, 4) is 23.1 Å². The molecule has 0 fully saturated rings. The van der Waals surface area contributed by atoms with Gasteiger partial charge in [-0.15, -0.1) is 0 Å². The smallest absolute Gasteiger partial charge is 0.401 e. The molecule has 13 aromatic rings. The number of hydrogen-bond acceptors (Lipinski definition) is 20. The molecule has 0 saturated heterocycles. The van der Waals surface area contributed by atoms with Crippen LogP contribution in [0.5, 0.6) is 17.4 Å². The number of anilines is 3. The van der Waals surface area contributed by atoms with Crippen LogP contribution in [0.4, 0.5) is 17.1 Å². The minimum absolute atomic E-state index is 0.0166. The van der Waals surface area contributed by atoms with E-state index in [1.54, 1.807) is 85.2 Å². The van der Waals surface area contributed by atoms with Gasteiger partial charge in [0.15, 0.2) is 28.4 Å². The molecule has 6 heterocycles. The molecule has 29 heteroatoms. The molecule has 108 heavy (non-hydrogen) atoms. The first kappa shape index (κ1) is 82.3. The lowest BCUT2D eigenvalue weighted by atomic mass is 9.93. The molecule has 562 valence electrons. The largest absolute Gasteiger partial charge is 0.504 e. The van der Waals surface area contributed by atoms with E-state index >= 15 is 0 Å². The van der Waals surface area contributed by atoms with Crippen molar-refractivity contribution in [2.24, 2.45) is 26.9 Å². The number of phenolic OH excluding ortho intramolecular Hbond substituents is 1. The van der Waals surface area contributed by atoms with Crippen LogP contribution in [-0.2, 0) is 69.4 Å². The number of ketones is 2. The maximum Gasteiger partial charge on any atom is 0.401 e. The van der Waals surface area contributed by atoms with Gasteiger partial charge in [-0.1, -0.05) is 121 Å². The Balaban J connectivity index is 0.000000173. The van der Waals surface area contributed by atoms with E-state index in [9.17, 15) is 42.3 Å². The molecule has 0 saturated carbocycles. The van der Waals surface area contributed by atoms with E-state index in [0.717, 1.165) is 96.3 Å². The number of nitrogens with two attached hydrogens (primary N) is 4. The fourth-order valence-corrected chi connectivity index (χ4v) is 10.8. The molecule has 7 aromatic carbocycles. The highest BCUT2D eigenvalue weighted by Gasteiger charge is 2.19. The van der Waals surface area contributed by atoms with Gasteiger partial charge in [-0.3, -0.25) is 46.8 Å². The number of aryl methyl sites for hydroxylation is 3. The number of rotatable bonds is 13. The summed E-state index contributed by atoms with van der Waals surface area (Å²) in [6, 6.07) is 56.7. The predicted molar refractivity (Wildman–Crippen MR) is 419 cm³/mol. The maximum absolute atomic E-state index is 11.7. The number of amides is 1. The number of carboxylic acid groups (broad SMARTS) is 1. The molecule has 0 spiro atoms. The van der Waals surface area contributed by atoms with Crippen molar-refractivity contribution in [2.45, 2.75) is 58.4 Å². The van der Waals surface area contributed by atoms with E-state index in [1.165, 1.54) is 75.1 Å². The summed E-state index contributed by atoms with van der Waals surface area (Å²) >= 11 is 0. The fraction of sp³-hybridized carbons (Fsp3) is 0.203. The summed E-state index contributed by atoms with van der Waals surface area (Å²) < 4.78 is 45.6. The molecule has 0 bridgehead atoms. The predicted octanol–water partition coefficient (Wildman–Crippen LogP) is 9.54. The number of carbonyl (C=O) groups excluding carboxylic acids is 3. The molecule has 0 unspecified atom stereocenters. The number of methoxy groups -OCH3 is 2. The average Bonchev–Trinajstić information content (AvgIpc) is 1.67. The molecule has 1 amide bonds. The Morgan fingerprint density at radius 3 is 1.83 bits per heavy atom. The molecule has 14 rings (SSSR count). The number of carboxylic acids is 1. The van der Waals surface area contributed by atoms with E-state index in [-0.39, 0.29) is 47.4 Å². The van der Waals surface area contributed by atoms with Gasteiger partial charge < -0.3 is 57.5 Å². The Labute approximate surface area is 622 Å². The molecule has 28 nitrogen and oxygen atoms in total. The number of hydrogen-bond donors (Lipinski definition) is 9. The molecule has 6 aromatic heterocycles. The van der Waals surface area contributed by atoms with Gasteiger partial charge in [0.05, 0.1) is 74.1 Å². The fourth-order valence-electron chi connectivity index (χ4n) is 10.8. The number of aromatic amines is 1. The molecule has 0 aliphatic heterocycles. The van der Waals surface area contributed by atoms with Crippen LogP contribution in [0.3, 0.4) is 0 Å². The summed E-state index contributed by atoms with van der Waals surface area (Å²) in [5, 5.41) is 28.6. The first-order valence-electron chi connectivity index (χ1n) is 33.6. The van der Waals surface area contributed by atoms with Gasteiger partial charge in [0, 0.05) is 95.1 Å². The highest BCUT2D eigenvalue weighted by atomic mass is 32.3. The average molecular weight is 1490 g/mol. The van der Waals surface area contributed by atoms with Gasteiger partial charge in [-0.05, 0) is 122 Å². The second-order valence-corrected chi connectivity index (χ2v) is 25.3. The molecule has 0 radical (unpaired) electrons. The van der Waals surface area contributed by atoms with Crippen LogP contribution in [0, 0.1) is 0 Å². The monoisotopic (exact) mass is 1490 g/mol. The molecular formula is C79H87N14O14S+. The van der Waals surface area contributed by atoms with Crippen molar-refractivity contribution >= 4 is 112 Å². The Morgan fingerprint density at radius 1 is 0.704 bits per heavy atom. The summed E-state index contributed by atoms with van der Waals surface area (Å²) in [6.07, 6.45) is 13.4. The number of nitrogens with zero attached hydrogens (tertiary/aromatic N) is 8. The van der Waals surface area contributed by atoms with Gasteiger partial charge in [0.25, 0.3) is 11.5 Å². The quantitative estimate of drug-likeness (QED) is 0.0224. The van der Waals surface area contributed by atoms with Crippen molar-refractivity contribution in [3.63, 3.8) is 0 Å². The van der Waals surface area contributed by atoms with Crippen LogP contribution in [0.25, 0.3) is 66.5 Å². The third kappa shape index (κ3) is 23.3. The minimum atomic E-state index is -4.16. The Kier molecular flexibility index (Phi) is 30.3. The van der Waals surface area contributed by atoms with Crippen LogP contribution >= 0.6 is 0 Å². The number of pyridine rings is 2. The minimum Gasteiger partial charge on any atom is -0.504 e. The van der Waals surface area contributed by atoms with Crippen LogP contribution in [-0.4, -0.2) is 119 Å². The van der Waals surface area contributed by atoms with Crippen molar-refractivity contribution in [3.05, 3.63) is 256 Å². The van der Waals surface area contributed by atoms with E-state index in [2.05, 4.69) is 35.6 Å². The van der Waals surface area contributed by atoms with Gasteiger partial charge in [0.1, 0.15) is 12.0 Å². The summed E-state index contributed by atoms with van der Waals surface area (Å²) in [4.78, 5) is 82.8. The van der Waals surface area contributed by atoms with Crippen LogP contribution in [0.1, 0.15) is 65.9 Å². The number of H-pyrrole nitrogens is 1. The lowest BCUT2D eigenvalue weighted by molar-refractivity contribution is -0.665. The number of Topliss-reactive ketones (excluding diaryl/α,β-unsaturated/α-hetero) is 1. The van der Waals surface area contributed by atoms with Gasteiger partial charge in [-0.2, -0.15) is 8.42 Å². The zero-order valence-corrected chi connectivity index (χ0v) is 61.7. The lowest BCUT2D eigenvalue weighted by Gasteiger charge is -2.18. The highest BCUT2D eigenvalue weighted by molar-refractivity contribution is 7.80. The number of phenols is 1. The van der Waals surface area contributed by atoms with E-state index in [4.69, 9.17) is 47.1 Å². The molecule has 1 aliphatic carbocycles. The van der Waals surface area contributed by atoms with Crippen molar-refractivity contribution in [1.29, 1.82) is 0 Å². The van der Waals surface area contributed by atoms with Gasteiger partial charge in [0.2, 0.25) is 5.69 Å². The Bertz CT molecular complexity index is 5480. The van der Waals surface area contributed by atoms with Gasteiger partial charge >= 0.3 is 27.9 Å². The van der Waals surface area contributed by atoms with E-state index in [0.29, 0.717) is 40.5 Å². The number of imidazole rings is 1. The third-order valence-corrected chi connectivity index (χ3v) is 16.8. The van der Waals surface area contributed by atoms with E-state index in [1.807, 2.05) is 134 Å². The van der Waals surface area contributed by atoms with Gasteiger partial charge in [-0.25, -0.2) is 14.8 Å². The zero-order valence-electron chi connectivity index (χ0n) is 60.9. The lowest BCUT2D eigenvalue weighted by Crippen LogP contribution is -2.37. The molecule has 13 N–H and O–H groups in total. The Morgan fingerprint density at radius 2 is 1.26 bits per heavy atom. The number of allylic oxidation sites excluding steroid dienone is 1. The summed E-state index contributed by atoms with van der Waals surface area (Å²) in [6.45, 7) is 3.16. The second kappa shape index (κ2) is 39.8. The molecule has 1 atom stereocenters. The van der Waals surface area contributed by atoms with Crippen molar-refractivity contribution in [2.75, 3.05) is 45.1 Å². The number of para-hydroxylation sites is 5.